The van der Waals surface area contributed by atoms with Gasteiger partial charge in [-0.15, -0.1) is 0 Å². The molecule has 1 fully saturated rings. The molecule has 1 aliphatic rings. The first-order valence-electron chi connectivity index (χ1n) is 11.0. The molecule has 35 heavy (non-hydrogen) atoms. The maximum absolute atomic E-state index is 13.2. The van der Waals surface area contributed by atoms with Gasteiger partial charge in [-0.05, 0) is 23.8 Å². The number of nitrogens with zero attached hydrogens (tertiary/aromatic N) is 3. The number of hydrogen-bond donors (Lipinski definition) is 5. The smallest absolute Gasteiger partial charge is 0.405 e. The zero-order valence-corrected chi connectivity index (χ0v) is 19.5. The first-order chi connectivity index (χ1) is 16.9. The van der Waals surface area contributed by atoms with Gasteiger partial charge in [-0.3, -0.25) is 9.59 Å². The number of pyridine rings is 1. The van der Waals surface area contributed by atoms with Crippen molar-refractivity contribution < 1.29 is 24.6 Å². The lowest BCUT2D eigenvalue weighted by Crippen LogP contribution is -2.55. The van der Waals surface area contributed by atoms with E-state index in [1.807, 2.05) is 6.07 Å². The summed E-state index contributed by atoms with van der Waals surface area (Å²) >= 11 is 5.92. The number of carbonyl (C=O) groups is 3. The molecule has 0 aliphatic carbocycles. The highest BCUT2D eigenvalue weighted by Gasteiger charge is 2.30. The van der Waals surface area contributed by atoms with Crippen molar-refractivity contribution in [2.75, 3.05) is 43.0 Å². The Morgan fingerprint density at radius 3 is 2.49 bits per heavy atom. The molecule has 0 spiro atoms. The number of aromatic nitrogens is 2. The first kappa shape index (κ1) is 24.3. The number of benzene rings is 1. The zero-order chi connectivity index (χ0) is 24.9. The summed E-state index contributed by atoms with van der Waals surface area (Å²) in [5.74, 6) is -0.826. The SMILES string of the molecule is O=C(O)NC(Cc1ccc(Cl)cc1)C(=O)N1CCN(c2ccnc3[nH]cc(NC(=O)CO)c23)CC1. The Bertz CT molecular complexity index is 1220. The van der Waals surface area contributed by atoms with Crippen molar-refractivity contribution in [2.24, 2.45) is 0 Å². The molecule has 3 aromatic rings. The summed E-state index contributed by atoms with van der Waals surface area (Å²) in [6, 6.07) is 7.85. The van der Waals surface area contributed by atoms with Crippen LogP contribution < -0.4 is 15.5 Å². The van der Waals surface area contributed by atoms with Gasteiger partial charge >= 0.3 is 6.09 Å². The maximum Gasteiger partial charge on any atom is 0.405 e. The molecular weight excluding hydrogens is 476 g/mol. The number of H-pyrrole nitrogens is 1. The van der Waals surface area contributed by atoms with E-state index in [0.717, 1.165) is 11.3 Å². The number of anilines is 2. The largest absolute Gasteiger partial charge is 0.465 e. The number of carboxylic acid groups (broad SMARTS) is 1. The predicted molar refractivity (Wildman–Crippen MR) is 131 cm³/mol. The summed E-state index contributed by atoms with van der Waals surface area (Å²) in [6.45, 7) is 1.16. The standard InChI is InChI=1S/C23H25ClN6O5/c24-15-3-1-14(2-4-15)11-16(28-23(34)35)22(33)30-9-7-29(8-10-30)18-5-6-25-21-20(18)17(12-26-21)27-19(32)13-31/h1-6,12,16,28,31H,7-11,13H2,(H,25,26)(H,27,32)(H,34,35). The number of halogens is 1. The summed E-state index contributed by atoms with van der Waals surface area (Å²) < 4.78 is 0. The Labute approximate surface area is 205 Å². The fourth-order valence-electron chi connectivity index (χ4n) is 4.18. The van der Waals surface area contributed by atoms with Crippen LogP contribution in [0.15, 0.2) is 42.7 Å². The van der Waals surface area contributed by atoms with Gasteiger partial charge in [0.1, 0.15) is 18.3 Å². The Morgan fingerprint density at radius 1 is 1.11 bits per heavy atom. The molecule has 3 heterocycles. The second-order valence-corrected chi connectivity index (χ2v) is 8.54. The van der Waals surface area contributed by atoms with Crippen molar-refractivity contribution in [3.05, 3.63) is 53.3 Å². The monoisotopic (exact) mass is 500 g/mol. The molecule has 4 rings (SSSR count). The van der Waals surface area contributed by atoms with E-state index in [1.54, 1.807) is 41.6 Å². The summed E-state index contributed by atoms with van der Waals surface area (Å²) in [7, 11) is 0. The van der Waals surface area contributed by atoms with Gasteiger partial charge in [0.05, 0.1) is 16.8 Å². The molecule has 1 unspecified atom stereocenters. The molecule has 0 bridgehead atoms. The highest BCUT2D eigenvalue weighted by atomic mass is 35.5. The van der Waals surface area contributed by atoms with Crippen LogP contribution in [0, 0.1) is 0 Å². The number of hydrogen-bond acceptors (Lipinski definition) is 6. The lowest BCUT2D eigenvalue weighted by atomic mass is 10.0. The van der Waals surface area contributed by atoms with Gasteiger partial charge in [0, 0.05) is 50.0 Å². The number of amides is 3. The summed E-state index contributed by atoms with van der Waals surface area (Å²) in [5, 5.41) is 24.6. The minimum Gasteiger partial charge on any atom is -0.465 e. The van der Waals surface area contributed by atoms with Gasteiger partial charge in [-0.25, -0.2) is 9.78 Å². The fraction of sp³-hybridized carbons (Fsp3) is 0.304. The molecule has 0 radical (unpaired) electrons. The summed E-state index contributed by atoms with van der Waals surface area (Å²) in [5.41, 5.74) is 2.72. The van der Waals surface area contributed by atoms with Crippen LogP contribution in [0.3, 0.4) is 0 Å². The van der Waals surface area contributed by atoms with Crippen molar-refractivity contribution in [3.63, 3.8) is 0 Å². The fourth-order valence-corrected chi connectivity index (χ4v) is 4.31. The quantitative estimate of drug-likeness (QED) is 0.331. The van der Waals surface area contributed by atoms with E-state index in [9.17, 15) is 19.5 Å². The third kappa shape index (κ3) is 5.64. The highest BCUT2D eigenvalue weighted by Crippen LogP contribution is 2.32. The molecule has 1 aliphatic heterocycles. The Balaban J connectivity index is 1.47. The van der Waals surface area contributed by atoms with E-state index in [4.69, 9.17) is 16.7 Å². The van der Waals surface area contributed by atoms with Gasteiger partial charge in [-0.1, -0.05) is 23.7 Å². The van der Waals surface area contributed by atoms with Crippen LogP contribution in [0.1, 0.15) is 5.56 Å². The zero-order valence-electron chi connectivity index (χ0n) is 18.7. The van der Waals surface area contributed by atoms with Crippen LogP contribution in [0.25, 0.3) is 11.0 Å². The highest BCUT2D eigenvalue weighted by molar-refractivity contribution is 6.30. The lowest BCUT2D eigenvalue weighted by molar-refractivity contribution is -0.133. The predicted octanol–water partition coefficient (Wildman–Crippen LogP) is 1.67. The topological polar surface area (TPSA) is 151 Å². The molecule has 0 saturated carbocycles. The average Bonchev–Trinajstić information content (AvgIpc) is 3.27. The number of aliphatic hydroxyl groups excluding tert-OH is 1. The van der Waals surface area contributed by atoms with Crippen LogP contribution in [0.4, 0.5) is 16.2 Å². The maximum atomic E-state index is 13.2. The average molecular weight is 501 g/mol. The van der Waals surface area contributed by atoms with Gasteiger partial charge in [0.2, 0.25) is 11.8 Å². The first-order valence-corrected chi connectivity index (χ1v) is 11.4. The molecule has 3 amide bonds. The number of carbonyl (C=O) groups excluding carboxylic acids is 2. The van der Waals surface area contributed by atoms with E-state index in [0.29, 0.717) is 47.9 Å². The Kier molecular flexibility index (Phi) is 7.37. The molecule has 12 heteroatoms. The second-order valence-electron chi connectivity index (χ2n) is 8.11. The van der Waals surface area contributed by atoms with E-state index in [-0.39, 0.29) is 12.3 Å². The van der Waals surface area contributed by atoms with E-state index < -0.39 is 24.6 Å². The van der Waals surface area contributed by atoms with Gasteiger partial charge in [0.15, 0.2) is 0 Å². The van der Waals surface area contributed by atoms with Gasteiger partial charge in [-0.2, -0.15) is 0 Å². The van der Waals surface area contributed by atoms with E-state index in [1.165, 1.54) is 0 Å². The van der Waals surface area contributed by atoms with Crippen LogP contribution in [0.5, 0.6) is 0 Å². The van der Waals surface area contributed by atoms with Crippen molar-refractivity contribution in [2.45, 2.75) is 12.5 Å². The third-order valence-corrected chi connectivity index (χ3v) is 6.10. The van der Waals surface area contributed by atoms with E-state index >= 15 is 0 Å². The number of nitrogens with one attached hydrogen (secondary N) is 3. The number of piperazine rings is 1. The van der Waals surface area contributed by atoms with Crippen molar-refractivity contribution in [1.82, 2.24) is 20.2 Å². The van der Waals surface area contributed by atoms with Crippen LogP contribution >= 0.6 is 11.6 Å². The molecule has 1 saturated heterocycles. The molecule has 1 aromatic carbocycles. The summed E-state index contributed by atoms with van der Waals surface area (Å²) in [6.07, 6.45) is 2.22. The molecular formula is C23H25ClN6O5. The lowest BCUT2D eigenvalue weighted by Gasteiger charge is -2.37. The molecule has 2 aromatic heterocycles. The van der Waals surface area contributed by atoms with Gasteiger partial charge < -0.3 is 35.6 Å². The Hall–Kier alpha value is -3.83. The van der Waals surface area contributed by atoms with Crippen LogP contribution in [0.2, 0.25) is 5.02 Å². The molecule has 184 valence electrons. The normalized spacial score (nSPS) is 14.6. The number of rotatable bonds is 7. The van der Waals surface area contributed by atoms with Gasteiger partial charge in [0.25, 0.3) is 0 Å². The summed E-state index contributed by atoms with van der Waals surface area (Å²) in [4.78, 5) is 47.3. The molecule has 5 N–H and O–H groups in total. The van der Waals surface area contributed by atoms with Crippen molar-refractivity contribution >= 4 is 51.9 Å². The minimum atomic E-state index is -1.26. The Morgan fingerprint density at radius 2 is 1.83 bits per heavy atom. The molecule has 1 atom stereocenters. The van der Waals surface area contributed by atoms with Crippen LogP contribution in [-0.2, 0) is 16.0 Å². The second kappa shape index (κ2) is 10.6. The number of aromatic amines is 1. The third-order valence-electron chi connectivity index (χ3n) is 5.85. The molecule has 11 nitrogen and oxygen atoms in total. The number of aliphatic hydroxyl groups is 1. The number of fused-ring (bicyclic) bond motifs is 1. The van der Waals surface area contributed by atoms with Crippen LogP contribution in [-0.4, -0.2) is 81.8 Å². The van der Waals surface area contributed by atoms with Crippen molar-refractivity contribution in [3.8, 4) is 0 Å². The van der Waals surface area contributed by atoms with Crippen molar-refractivity contribution in [1.29, 1.82) is 0 Å². The minimum absolute atomic E-state index is 0.213. The van der Waals surface area contributed by atoms with E-state index in [2.05, 4.69) is 25.5 Å².